The van der Waals surface area contributed by atoms with Gasteiger partial charge in [-0.2, -0.15) is 0 Å². The molecular formula is C19H12Cl3FN2O6S. The average molecular weight is 522 g/mol. The molecule has 0 radical (unpaired) electrons. The summed E-state index contributed by atoms with van der Waals surface area (Å²) in [5, 5.41) is 10.3. The Hall–Kier alpha value is -2.79. The third-order valence-corrected chi connectivity index (χ3v) is 6.25. The van der Waals surface area contributed by atoms with E-state index in [1.165, 1.54) is 31.4 Å². The van der Waals surface area contributed by atoms with Crippen LogP contribution in [0, 0.1) is 15.9 Å². The third kappa shape index (κ3) is 4.99. The number of anilines is 1. The van der Waals surface area contributed by atoms with Crippen molar-refractivity contribution in [1.29, 1.82) is 0 Å². The van der Waals surface area contributed by atoms with Gasteiger partial charge in [0.1, 0.15) is 5.75 Å². The van der Waals surface area contributed by atoms with Crippen LogP contribution in [0.25, 0.3) is 0 Å². The number of halogens is 4. The highest BCUT2D eigenvalue weighted by Crippen LogP contribution is 2.41. The first-order chi connectivity index (χ1) is 15.0. The van der Waals surface area contributed by atoms with E-state index in [0.29, 0.717) is 0 Å². The van der Waals surface area contributed by atoms with E-state index >= 15 is 0 Å². The lowest BCUT2D eigenvalue weighted by Gasteiger charge is -2.14. The van der Waals surface area contributed by atoms with Crippen molar-refractivity contribution >= 4 is 56.2 Å². The molecule has 0 aliphatic rings. The molecule has 13 heteroatoms. The van der Waals surface area contributed by atoms with Gasteiger partial charge in [-0.1, -0.05) is 40.9 Å². The van der Waals surface area contributed by atoms with E-state index in [0.717, 1.165) is 24.3 Å². The molecule has 0 aliphatic heterocycles. The van der Waals surface area contributed by atoms with Crippen molar-refractivity contribution in [3.8, 4) is 17.2 Å². The van der Waals surface area contributed by atoms with E-state index in [2.05, 4.69) is 4.72 Å². The Morgan fingerprint density at radius 2 is 1.66 bits per heavy atom. The van der Waals surface area contributed by atoms with Crippen molar-refractivity contribution in [3.63, 3.8) is 0 Å². The van der Waals surface area contributed by atoms with E-state index in [9.17, 15) is 22.9 Å². The highest BCUT2D eigenvalue weighted by molar-refractivity contribution is 7.92. The van der Waals surface area contributed by atoms with Gasteiger partial charge in [0, 0.05) is 12.1 Å². The van der Waals surface area contributed by atoms with Crippen molar-refractivity contribution < 1.29 is 27.2 Å². The molecule has 0 amide bonds. The summed E-state index contributed by atoms with van der Waals surface area (Å²) in [6.07, 6.45) is 0. The zero-order valence-corrected chi connectivity index (χ0v) is 19.0. The fraction of sp³-hybridized carbons (Fsp3) is 0.0526. The van der Waals surface area contributed by atoms with Crippen LogP contribution in [0.2, 0.25) is 15.1 Å². The van der Waals surface area contributed by atoms with Gasteiger partial charge in [0.15, 0.2) is 17.3 Å². The number of sulfonamides is 1. The average Bonchev–Trinajstić information content (AvgIpc) is 2.72. The zero-order valence-electron chi connectivity index (χ0n) is 15.9. The minimum Gasteiger partial charge on any atom is -0.494 e. The monoisotopic (exact) mass is 520 g/mol. The second-order valence-corrected chi connectivity index (χ2v) is 9.02. The molecule has 0 fully saturated rings. The van der Waals surface area contributed by atoms with Crippen LogP contribution < -0.4 is 14.2 Å². The Kier molecular flexibility index (Phi) is 6.99. The van der Waals surface area contributed by atoms with Gasteiger partial charge in [-0.25, -0.2) is 12.8 Å². The van der Waals surface area contributed by atoms with Gasteiger partial charge in [-0.15, -0.1) is 0 Å². The van der Waals surface area contributed by atoms with Crippen molar-refractivity contribution in [2.24, 2.45) is 0 Å². The van der Waals surface area contributed by atoms with Crippen LogP contribution in [0.4, 0.5) is 15.8 Å². The molecule has 3 aromatic rings. The van der Waals surface area contributed by atoms with E-state index in [1.807, 2.05) is 0 Å². The number of rotatable bonds is 7. The van der Waals surface area contributed by atoms with Gasteiger partial charge in [0.05, 0.1) is 37.7 Å². The summed E-state index contributed by atoms with van der Waals surface area (Å²) in [6, 6.07) is 9.52. The molecule has 3 rings (SSSR count). The number of nitro groups is 1. The van der Waals surface area contributed by atoms with Gasteiger partial charge < -0.3 is 9.47 Å². The number of hydrogen-bond acceptors (Lipinski definition) is 6. The Morgan fingerprint density at radius 3 is 2.22 bits per heavy atom. The third-order valence-electron chi connectivity index (χ3n) is 4.05. The molecule has 0 atom stereocenters. The van der Waals surface area contributed by atoms with Gasteiger partial charge in [-0.3, -0.25) is 14.8 Å². The molecule has 3 aromatic carbocycles. The Morgan fingerprint density at radius 1 is 1.00 bits per heavy atom. The number of nitro benzene ring substituents is 1. The Bertz CT molecular complexity index is 1300. The van der Waals surface area contributed by atoms with Gasteiger partial charge >= 0.3 is 0 Å². The van der Waals surface area contributed by atoms with Crippen molar-refractivity contribution in [2.75, 3.05) is 11.8 Å². The van der Waals surface area contributed by atoms with E-state index < -0.39 is 20.8 Å². The maximum atomic E-state index is 14.3. The summed E-state index contributed by atoms with van der Waals surface area (Å²) in [5.74, 6) is -1.17. The molecule has 0 heterocycles. The molecule has 0 saturated carbocycles. The predicted molar refractivity (Wildman–Crippen MR) is 118 cm³/mol. The molecule has 0 aliphatic carbocycles. The molecule has 0 spiro atoms. The molecule has 1 N–H and O–H groups in total. The number of benzene rings is 3. The Labute approximate surface area is 196 Å². The Balaban J connectivity index is 1.92. The fourth-order valence-corrected chi connectivity index (χ4v) is 4.55. The van der Waals surface area contributed by atoms with Gasteiger partial charge in [0.25, 0.3) is 15.7 Å². The zero-order chi connectivity index (χ0) is 23.6. The SMILES string of the molecule is COc1cccc(NS(=O)(=O)c2cc(Cl)c(Oc3ccc([N+](=O)[O-])cc3Cl)c(Cl)c2)c1F. The summed E-state index contributed by atoms with van der Waals surface area (Å²) < 4.78 is 52.2. The molecule has 8 nitrogen and oxygen atoms in total. The summed E-state index contributed by atoms with van der Waals surface area (Å²) in [7, 11) is -3.05. The van der Waals surface area contributed by atoms with E-state index in [-0.39, 0.29) is 48.6 Å². The maximum Gasteiger partial charge on any atom is 0.271 e. The van der Waals surface area contributed by atoms with Crippen LogP contribution >= 0.6 is 34.8 Å². The number of methoxy groups -OCH3 is 1. The van der Waals surface area contributed by atoms with Crippen molar-refractivity contribution in [1.82, 2.24) is 0 Å². The molecule has 0 aromatic heterocycles. The number of ether oxygens (including phenoxy) is 2. The summed E-state index contributed by atoms with van der Waals surface area (Å²) in [4.78, 5) is 9.83. The molecule has 0 saturated heterocycles. The van der Waals surface area contributed by atoms with Crippen LogP contribution in [0.5, 0.6) is 17.2 Å². The van der Waals surface area contributed by atoms with Crippen LogP contribution in [0.3, 0.4) is 0 Å². The normalized spacial score (nSPS) is 11.2. The lowest BCUT2D eigenvalue weighted by atomic mass is 10.3. The summed E-state index contributed by atoms with van der Waals surface area (Å²) >= 11 is 18.3. The first-order valence-electron chi connectivity index (χ1n) is 8.49. The van der Waals surface area contributed by atoms with Crippen molar-refractivity contribution in [3.05, 3.63) is 79.5 Å². The number of nitrogens with zero attached hydrogens (tertiary/aromatic N) is 1. The van der Waals surface area contributed by atoms with Crippen LogP contribution in [-0.2, 0) is 10.0 Å². The lowest BCUT2D eigenvalue weighted by molar-refractivity contribution is -0.384. The van der Waals surface area contributed by atoms with Gasteiger partial charge in [0.2, 0.25) is 0 Å². The topological polar surface area (TPSA) is 108 Å². The number of non-ortho nitro benzene ring substituents is 1. The largest absolute Gasteiger partial charge is 0.494 e. The standard InChI is InChI=1S/C19H12Cl3FN2O6S/c1-30-17-4-2-3-15(18(17)23)24-32(28,29)11-8-13(21)19(14(22)9-11)31-16-6-5-10(25(26)27)7-12(16)20/h2-9,24H,1H3. The molecule has 32 heavy (non-hydrogen) atoms. The minimum atomic E-state index is -4.29. The van der Waals surface area contributed by atoms with Crippen LogP contribution in [0.15, 0.2) is 53.4 Å². The number of nitrogens with one attached hydrogen (secondary N) is 1. The molecule has 168 valence electrons. The summed E-state index contributed by atoms with van der Waals surface area (Å²) in [6.45, 7) is 0. The first-order valence-corrected chi connectivity index (χ1v) is 11.1. The molecule has 0 unspecified atom stereocenters. The lowest BCUT2D eigenvalue weighted by Crippen LogP contribution is -2.14. The molecular weight excluding hydrogens is 510 g/mol. The predicted octanol–water partition coefficient (Wildman–Crippen LogP) is 6.30. The van der Waals surface area contributed by atoms with E-state index in [4.69, 9.17) is 44.3 Å². The van der Waals surface area contributed by atoms with Crippen LogP contribution in [-0.4, -0.2) is 20.5 Å². The minimum absolute atomic E-state index is 0.00764. The van der Waals surface area contributed by atoms with Crippen LogP contribution in [0.1, 0.15) is 0 Å². The fourth-order valence-electron chi connectivity index (χ4n) is 2.54. The maximum absolute atomic E-state index is 14.3. The quantitative estimate of drug-likeness (QED) is 0.289. The highest BCUT2D eigenvalue weighted by atomic mass is 35.5. The molecule has 0 bridgehead atoms. The number of hydrogen-bond donors (Lipinski definition) is 1. The summed E-state index contributed by atoms with van der Waals surface area (Å²) in [5.41, 5.74) is -0.591. The highest BCUT2D eigenvalue weighted by Gasteiger charge is 2.22. The first kappa shape index (κ1) is 23.9. The van der Waals surface area contributed by atoms with E-state index in [1.54, 1.807) is 0 Å². The van der Waals surface area contributed by atoms with Gasteiger partial charge in [-0.05, 0) is 30.3 Å². The second kappa shape index (κ2) is 9.37. The van der Waals surface area contributed by atoms with Crippen molar-refractivity contribution in [2.45, 2.75) is 4.90 Å². The second-order valence-electron chi connectivity index (χ2n) is 6.12. The smallest absolute Gasteiger partial charge is 0.271 e.